The molecule has 0 aliphatic rings. The predicted octanol–water partition coefficient (Wildman–Crippen LogP) is 4.06. The SMILES string of the molecule is COc1ccc(-c2nc(CNC(=O)c3ccc(C)cc3)cs2)cc1. The highest BCUT2D eigenvalue weighted by molar-refractivity contribution is 7.13. The van der Waals surface area contributed by atoms with Gasteiger partial charge in [0.25, 0.3) is 5.91 Å². The van der Waals surface area contributed by atoms with Crippen molar-refractivity contribution in [3.63, 3.8) is 0 Å². The number of ether oxygens (including phenoxy) is 1. The maximum atomic E-state index is 12.1. The van der Waals surface area contributed by atoms with E-state index < -0.39 is 0 Å². The van der Waals surface area contributed by atoms with Gasteiger partial charge in [0.05, 0.1) is 19.3 Å². The molecule has 122 valence electrons. The topological polar surface area (TPSA) is 51.2 Å². The van der Waals surface area contributed by atoms with E-state index in [1.807, 2.05) is 60.8 Å². The Morgan fingerprint density at radius 1 is 1.12 bits per heavy atom. The lowest BCUT2D eigenvalue weighted by Crippen LogP contribution is -2.22. The molecule has 0 unspecified atom stereocenters. The van der Waals surface area contributed by atoms with Crippen molar-refractivity contribution >= 4 is 17.2 Å². The van der Waals surface area contributed by atoms with Crippen molar-refractivity contribution in [3.8, 4) is 16.3 Å². The number of nitrogens with one attached hydrogen (secondary N) is 1. The molecule has 0 bridgehead atoms. The largest absolute Gasteiger partial charge is 0.497 e. The number of hydrogen-bond donors (Lipinski definition) is 1. The number of benzene rings is 2. The molecular weight excluding hydrogens is 320 g/mol. The molecule has 0 fully saturated rings. The van der Waals surface area contributed by atoms with E-state index in [-0.39, 0.29) is 5.91 Å². The Balaban J connectivity index is 1.63. The molecule has 1 heterocycles. The molecule has 0 radical (unpaired) electrons. The zero-order valence-corrected chi connectivity index (χ0v) is 14.4. The molecule has 2 aromatic carbocycles. The third-order valence-corrected chi connectivity index (χ3v) is 4.57. The lowest BCUT2D eigenvalue weighted by atomic mass is 10.1. The Labute approximate surface area is 145 Å². The summed E-state index contributed by atoms with van der Waals surface area (Å²) in [5.41, 5.74) is 3.68. The zero-order valence-electron chi connectivity index (χ0n) is 13.6. The standard InChI is InChI=1S/C19H18N2O2S/c1-13-3-5-14(6-4-13)18(22)20-11-16-12-24-19(21-16)15-7-9-17(23-2)10-8-15/h3-10,12H,11H2,1-2H3,(H,20,22). The Kier molecular flexibility index (Phi) is 4.91. The van der Waals surface area contributed by atoms with Crippen LogP contribution in [0.4, 0.5) is 0 Å². The summed E-state index contributed by atoms with van der Waals surface area (Å²) < 4.78 is 5.16. The van der Waals surface area contributed by atoms with E-state index >= 15 is 0 Å². The molecule has 3 aromatic rings. The molecule has 5 heteroatoms. The first kappa shape index (κ1) is 16.2. The summed E-state index contributed by atoms with van der Waals surface area (Å²) in [7, 11) is 1.65. The summed E-state index contributed by atoms with van der Waals surface area (Å²) >= 11 is 1.56. The summed E-state index contributed by atoms with van der Waals surface area (Å²) in [6.45, 7) is 2.41. The molecule has 3 rings (SSSR count). The molecule has 0 spiro atoms. The van der Waals surface area contributed by atoms with Gasteiger partial charge in [0, 0.05) is 16.5 Å². The van der Waals surface area contributed by atoms with E-state index in [2.05, 4.69) is 10.3 Å². The monoisotopic (exact) mass is 338 g/mol. The molecular formula is C19H18N2O2S. The number of hydrogen-bond acceptors (Lipinski definition) is 4. The van der Waals surface area contributed by atoms with Crippen molar-refractivity contribution in [3.05, 3.63) is 70.7 Å². The highest BCUT2D eigenvalue weighted by Gasteiger charge is 2.08. The van der Waals surface area contributed by atoms with E-state index in [1.54, 1.807) is 18.4 Å². The molecule has 0 atom stereocenters. The number of aryl methyl sites for hydroxylation is 1. The number of rotatable bonds is 5. The summed E-state index contributed by atoms with van der Waals surface area (Å²) in [4.78, 5) is 16.7. The first-order valence-electron chi connectivity index (χ1n) is 7.59. The Morgan fingerprint density at radius 3 is 2.50 bits per heavy atom. The van der Waals surface area contributed by atoms with Crippen LogP contribution in [0.3, 0.4) is 0 Å². The van der Waals surface area contributed by atoms with Gasteiger partial charge >= 0.3 is 0 Å². The average Bonchev–Trinajstić information content (AvgIpc) is 3.09. The Morgan fingerprint density at radius 2 is 1.83 bits per heavy atom. The van der Waals surface area contributed by atoms with Crippen LogP contribution in [-0.4, -0.2) is 18.0 Å². The number of carbonyl (C=O) groups excluding carboxylic acids is 1. The van der Waals surface area contributed by atoms with Gasteiger partial charge in [0.2, 0.25) is 0 Å². The minimum atomic E-state index is -0.0889. The average molecular weight is 338 g/mol. The van der Waals surface area contributed by atoms with Crippen LogP contribution >= 0.6 is 11.3 Å². The molecule has 0 aliphatic carbocycles. The highest BCUT2D eigenvalue weighted by atomic mass is 32.1. The fourth-order valence-electron chi connectivity index (χ4n) is 2.23. The van der Waals surface area contributed by atoms with Crippen LogP contribution in [0.15, 0.2) is 53.9 Å². The summed E-state index contributed by atoms with van der Waals surface area (Å²) in [6, 6.07) is 15.3. The predicted molar refractivity (Wildman–Crippen MR) is 96.5 cm³/mol. The fourth-order valence-corrected chi connectivity index (χ4v) is 3.06. The van der Waals surface area contributed by atoms with Crippen molar-refractivity contribution in [2.45, 2.75) is 13.5 Å². The second-order valence-corrected chi connectivity index (χ2v) is 6.28. The van der Waals surface area contributed by atoms with Crippen molar-refractivity contribution in [2.24, 2.45) is 0 Å². The van der Waals surface area contributed by atoms with E-state index in [1.165, 1.54) is 0 Å². The summed E-state index contributed by atoms with van der Waals surface area (Å²) in [5.74, 6) is 0.731. The number of carbonyl (C=O) groups is 1. The van der Waals surface area contributed by atoms with Crippen LogP contribution in [0.25, 0.3) is 10.6 Å². The van der Waals surface area contributed by atoms with Gasteiger partial charge in [0.1, 0.15) is 10.8 Å². The summed E-state index contributed by atoms with van der Waals surface area (Å²) in [5, 5.41) is 5.80. The number of nitrogens with zero attached hydrogens (tertiary/aromatic N) is 1. The number of amides is 1. The van der Waals surface area contributed by atoms with Crippen molar-refractivity contribution in [2.75, 3.05) is 7.11 Å². The third-order valence-electron chi connectivity index (χ3n) is 3.63. The molecule has 1 amide bonds. The van der Waals surface area contributed by atoms with Gasteiger partial charge in [-0.25, -0.2) is 4.98 Å². The van der Waals surface area contributed by atoms with E-state index in [9.17, 15) is 4.79 Å². The van der Waals surface area contributed by atoms with Gasteiger partial charge in [-0.05, 0) is 43.3 Å². The fraction of sp³-hybridized carbons (Fsp3) is 0.158. The van der Waals surface area contributed by atoms with Gasteiger partial charge in [0.15, 0.2) is 0 Å². The van der Waals surface area contributed by atoms with Crippen LogP contribution in [0.5, 0.6) is 5.75 Å². The smallest absolute Gasteiger partial charge is 0.251 e. The number of aromatic nitrogens is 1. The van der Waals surface area contributed by atoms with Crippen LogP contribution in [0.2, 0.25) is 0 Å². The van der Waals surface area contributed by atoms with E-state index in [4.69, 9.17) is 4.74 Å². The van der Waals surface area contributed by atoms with Gasteiger partial charge in [-0.2, -0.15) is 0 Å². The second kappa shape index (κ2) is 7.27. The van der Waals surface area contributed by atoms with Gasteiger partial charge in [-0.1, -0.05) is 17.7 Å². The first-order valence-corrected chi connectivity index (χ1v) is 8.47. The third kappa shape index (κ3) is 3.81. The quantitative estimate of drug-likeness (QED) is 0.763. The van der Waals surface area contributed by atoms with Crippen LogP contribution in [0, 0.1) is 6.92 Å². The van der Waals surface area contributed by atoms with Gasteiger partial charge < -0.3 is 10.1 Å². The zero-order chi connectivity index (χ0) is 16.9. The molecule has 1 N–H and O–H groups in total. The molecule has 1 aromatic heterocycles. The van der Waals surface area contributed by atoms with Gasteiger partial charge in [-0.15, -0.1) is 11.3 Å². The first-order chi connectivity index (χ1) is 11.7. The Hall–Kier alpha value is -2.66. The van der Waals surface area contributed by atoms with Gasteiger partial charge in [-0.3, -0.25) is 4.79 Å². The number of thiazole rings is 1. The number of methoxy groups -OCH3 is 1. The minimum Gasteiger partial charge on any atom is -0.497 e. The van der Waals surface area contributed by atoms with Crippen molar-refractivity contribution < 1.29 is 9.53 Å². The molecule has 0 saturated carbocycles. The minimum absolute atomic E-state index is 0.0889. The lowest BCUT2D eigenvalue weighted by molar-refractivity contribution is 0.0950. The second-order valence-electron chi connectivity index (χ2n) is 5.42. The Bertz CT molecular complexity index is 823. The molecule has 24 heavy (non-hydrogen) atoms. The molecule has 4 nitrogen and oxygen atoms in total. The normalized spacial score (nSPS) is 10.4. The van der Waals surface area contributed by atoms with Crippen molar-refractivity contribution in [1.29, 1.82) is 0 Å². The van der Waals surface area contributed by atoms with Crippen LogP contribution in [0.1, 0.15) is 21.6 Å². The van der Waals surface area contributed by atoms with Crippen LogP contribution in [-0.2, 0) is 6.54 Å². The molecule has 0 saturated heterocycles. The maximum Gasteiger partial charge on any atom is 0.251 e. The highest BCUT2D eigenvalue weighted by Crippen LogP contribution is 2.25. The summed E-state index contributed by atoms with van der Waals surface area (Å²) in [6.07, 6.45) is 0. The maximum absolute atomic E-state index is 12.1. The van der Waals surface area contributed by atoms with Crippen LogP contribution < -0.4 is 10.1 Å². The molecule has 0 aliphatic heterocycles. The lowest BCUT2D eigenvalue weighted by Gasteiger charge is -2.04. The van der Waals surface area contributed by atoms with Crippen molar-refractivity contribution in [1.82, 2.24) is 10.3 Å². The van der Waals surface area contributed by atoms with E-state index in [0.717, 1.165) is 27.6 Å². The van der Waals surface area contributed by atoms with E-state index in [0.29, 0.717) is 12.1 Å².